The maximum Gasteiger partial charge on any atom is 0.244 e. The van der Waals surface area contributed by atoms with Gasteiger partial charge in [0.15, 0.2) is 0 Å². The van der Waals surface area contributed by atoms with E-state index in [0.717, 1.165) is 35.9 Å². The van der Waals surface area contributed by atoms with Crippen molar-refractivity contribution >= 4 is 11.5 Å². The monoisotopic (exact) mass is 330 g/mol. The highest BCUT2D eigenvalue weighted by atomic mass is 16.5. The molecule has 1 aromatic rings. The molecule has 1 N–H and O–H groups in total. The van der Waals surface area contributed by atoms with E-state index in [0.29, 0.717) is 12.6 Å². The van der Waals surface area contributed by atoms with Crippen molar-refractivity contribution < 1.29 is 9.53 Å². The number of hydrogen-bond acceptors (Lipinski definition) is 3. The van der Waals surface area contributed by atoms with Crippen molar-refractivity contribution in [2.75, 3.05) is 26.7 Å². The van der Waals surface area contributed by atoms with E-state index >= 15 is 0 Å². The summed E-state index contributed by atoms with van der Waals surface area (Å²) in [6, 6.07) is 8.13. The van der Waals surface area contributed by atoms with Crippen molar-refractivity contribution in [1.82, 2.24) is 10.2 Å². The zero-order chi connectivity index (χ0) is 17.5. The molecule has 2 rings (SSSR count). The van der Waals surface area contributed by atoms with E-state index in [-0.39, 0.29) is 5.91 Å². The molecule has 0 aromatic heterocycles. The molecule has 0 radical (unpaired) electrons. The van der Waals surface area contributed by atoms with Crippen molar-refractivity contribution in [1.29, 1.82) is 0 Å². The molecule has 0 spiro atoms. The Morgan fingerprint density at radius 1 is 1.33 bits per heavy atom. The van der Waals surface area contributed by atoms with Gasteiger partial charge in [-0.3, -0.25) is 9.69 Å². The summed E-state index contributed by atoms with van der Waals surface area (Å²) in [5.74, 6) is 1.62. The fourth-order valence-corrected chi connectivity index (χ4v) is 3.03. The quantitative estimate of drug-likeness (QED) is 0.814. The average Bonchev–Trinajstić information content (AvgIpc) is 2.60. The summed E-state index contributed by atoms with van der Waals surface area (Å²) >= 11 is 0. The van der Waals surface area contributed by atoms with Gasteiger partial charge in [0, 0.05) is 18.7 Å². The fourth-order valence-electron chi connectivity index (χ4n) is 3.03. The van der Waals surface area contributed by atoms with E-state index in [4.69, 9.17) is 4.74 Å². The number of allylic oxidation sites excluding steroid dienone is 1. The van der Waals surface area contributed by atoms with Crippen LogP contribution in [0.25, 0.3) is 5.57 Å². The Morgan fingerprint density at radius 2 is 1.96 bits per heavy atom. The van der Waals surface area contributed by atoms with Gasteiger partial charge in [-0.25, -0.2) is 0 Å². The molecule has 1 saturated heterocycles. The van der Waals surface area contributed by atoms with Crippen LogP contribution in [-0.2, 0) is 4.79 Å². The summed E-state index contributed by atoms with van der Waals surface area (Å²) in [5.41, 5.74) is 1.98. The van der Waals surface area contributed by atoms with E-state index < -0.39 is 0 Å². The fraction of sp³-hybridized carbons (Fsp3) is 0.550. The number of benzene rings is 1. The highest BCUT2D eigenvalue weighted by Gasteiger charge is 2.20. The Hall–Kier alpha value is -1.81. The van der Waals surface area contributed by atoms with E-state index in [2.05, 4.69) is 24.1 Å². The topological polar surface area (TPSA) is 41.6 Å². The van der Waals surface area contributed by atoms with Crippen molar-refractivity contribution in [3.8, 4) is 5.75 Å². The summed E-state index contributed by atoms with van der Waals surface area (Å²) in [7, 11) is 1.65. The van der Waals surface area contributed by atoms with Crippen LogP contribution in [0.1, 0.15) is 39.2 Å². The number of rotatable bonds is 6. The van der Waals surface area contributed by atoms with E-state index in [1.165, 1.54) is 12.8 Å². The maximum atomic E-state index is 12.2. The molecule has 1 aromatic carbocycles. The van der Waals surface area contributed by atoms with Crippen LogP contribution in [-0.4, -0.2) is 43.6 Å². The molecule has 1 heterocycles. The molecule has 1 atom stereocenters. The van der Waals surface area contributed by atoms with Gasteiger partial charge < -0.3 is 10.1 Å². The number of nitrogens with one attached hydrogen (secondary N) is 1. The number of methoxy groups -OCH3 is 1. The SMILES string of the molecule is COc1ccc(/C(C)=C/C(=O)NCC(C)N2CCC(C)CC2)cc1. The van der Waals surface area contributed by atoms with Crippen molar-refractivity contribution in [3.05, 3.63) is 35.9 Å². The predicted molar refractivity (Wildman–Crippen MR) is 99.1 cm³/mol. The molecule has 1 unspecified atom stereocenters. The van der Waals surface area contributed by atoms with Crippen LogP contribution in [0.3, 0.4) is 0 Å². The molecule has 1 amide bonds. The normalized spacial score (nSPS) is 18.2. The van der Waals surface area contributed by atoms with Crippen molar-refractivity contribution in [3.63, 3.8) is 0 Å². The predicted octanol–water partition coefficient (Wildman–Crippen LogP) is 3.34. The van der Waals surface area contributed by atoms with Crippen LogP contribution in [0.5, 0.6) is 5.75 Å². The lowest BCUT2D eigenvalue weighted by Gasteiger charge is -2.34. The number of carbonyl (C=O) groups excluding carboxylic acids is 1. The lowest BCUT2D eigenvalue weighted by molar-refractivity contribution is -0.116. The Morgan fingerprint density at radius 3 is 2.54 bits per heavy atom. The van der Waals surface area contributed by atoms with Crippen LogP contribution >= 0.6 is 0 Å². The number of amides is 1. The summed E-state index contributed by atoms with van der Waals surface area (Å²) < 4.78 is 5.16. The highest BCUT2D eigenvalue weighted by molar-refractivity contribution is 5.94. The van der Waals surface area contributed by atoms with Crippen LogP contribution in [0.15, 0.2) is 30.3 Å². The molecule has 132 valence electrons. The minimum absolute atomic E-state index is 0.0273. The molecule has 0 bridgehead atoms. The highest BCUT2D eigenvalue weighted by Crippen LogP contribution is 2.19. The van der Waals surface area contributed by atoms with Crippen LogP contribution in [0.2, 0.25) is 0 Å². The number of carbonyl (C=O) groups is 1. The van der Waals surface area contributed by atoms with Gasteiger partial charge in [0.05, 0.1) is 7.11 Å². The molecule has 4 nitrogen and oxygen atoms in total. The third kappa shape index (κ3) is 5.38. The number of hydrogen-bond donors (Lipinski definition) is 1. The van der Waals surface area contributed by atoms with E-state index in [1.807, 2.05) is 31.2 Å². The molecule has 1 fully saturated rings. The lowest BCUT2D eigenvalue weighted by atomic mass is 9.98. The minimum atomic E-state index is -0.0273. The number of ether oxygens (including phenoxy) is 1. The molecule has 0 saturated carbocycles. The first-order valence-electron chi connectivity index (χ1n) is 8.84. The first-order valence-corrected chi connectivity index (χ1v) is 8.84. The number of likely N-dealkylation sites (tertiary alicyclic amines) is 1. The van der Waals surface area contributed by atoms with Gasteiger partial charge in [-0.2, -0.15) is 0 Å². The first-order chi connectivity index (χ1) is 11.5. The second kappa shape index (κ2) is 8.88. The van der Waals surface area contributed by atoms with E-state index in [1.54, 1.807) is 13.2 Å². The summed E-state index contributed by atoms with van der Waals surface area (Å²) in [5, 5.41) is 3.03. The third-order valence-corrected chi connectivity index (χ3v) is 4.91. The van der Waals surface area contributed by atoms with E-state index in [9.17, 15) is 4.79 Å². The first kappa shape index (κ1) is 18.5. The average molecular weight is 330 g/mol. The zero-order valence-corrected chi connectivity index (χ0v) is 15.3. The zero-order valence-electron chi connectivity index (χ0n) is 15.3. The van der Waals surface area contributed by atoms with Crippen LogP contribution in [0, 0.1) is 5.92 Å². The van der Waals surface area contributed by atoms with Gasteiger partial charge in [-0.1, -0.05) is 19.1 Å². The second-order valence-corrected chi connectivity index (χ2v) is 6.87. The second-order valence-electron chi connectivity index (χ2n) is 6.87. The van der Waals surface area contributed by atoms with Gasteiger partial charge in [-0.15, -0.1) is 0 Å². The minimum Gasteiger partial charge on any atom is -0.497 e. The van der Waals surface area contributed by atoms with Crippen molar-refractivity contribution in [2.24, 2.45) is 5.92 Å². The maximum absolute atomic E-state index is 12.2. The molecule has 1 aliphatic heterocycles. The Bertz CT molecular complexity index is 558. The van der Waals surface area contributed by atoms with Gasteiger partial charge >= 0.3 is 0 Å². The Labute approximate surface area is 145 Å². The van der Waals surface area contributed by atoms with Crippen molar-refractivity contribution in [2.45, 2.75) is 39.7 Å². The van der Waals surface area contributed by atoms with Gasteiger partial charge in [0.25, 0.3) is 0 Å². The lowest BCUT2D eigenvalue weighted by Crippen LogP contribution is -2.45. The van der Waals surface area contributed by atoms with Gasteiger partial charge in [0.2, 0.25) is 5.91 Å². The largest absolute Gasteiger partial charge is 0.497 e. The Kier molecular flexibility index (Phi) is 6.85. The summed E-state index contributed by atoms with van der Waals surface area (Å²) in [4.78, 5) is 14.6. The van der Waals surface area contributed by atoms with Gasteiger partial charge in [-0.05, 0) is 69.0 Å². The summed E-state index contributed by atoms with van der Waals surface area (Å²) in [6.07, 6.45) is 4.19. The molecule has 0 aliphatic carbocycles. The molecule has 24 heavy (non-hydrogen) atoms. The molecular weight excluding hydrogens is 300 g/mol. The summed E-state index contributed by atoms with van der Waals surface area (Å²) in [6.45, 7) is 9.43. The third-order valence-electron chi connectivity index (χ3n) is 4.91. The molecule has 1 aliphatic rings. The Balaban J connectivity index is 1.82. The smallest absolute Gasteiger partial charge is 0.244 e. The van der Waals surface area contributed by atoms with Crippen LogP contribution in [0.4, 0.5) is 0 Å². The molecular formula is C20H30N2O2. The standard InChI is InChI=1S/C20H30N2O2/c1-15-9-11-22(12-10-15)17(3)14-21-20(23)13-16(2)18-5-7-19(24-4)8-6-18/h5-8,13,15,17H,9-12,14H2,1-4H3,(H,21,23)/b16-13+. The number of piperidine rings is 1. The number of nitrogens with zero attached hydrogens (tertiary/aromatic N) is 1. The van der Waals surface area contributed by atoms with Crippen LogP contribution < -0.4 is 10.1 Å². The molecule has 4 heteroatoms. The van der Waals surface area contributed by atoms with Gasteiger partial charge in [0.1, 0.15) is 5.75 Å².